The molecule has 76 heavy (non-hydrogen) atoms. The van der Waals surface area contributed by atoms with Crippen molar-refractivity contribution >= 4 is 80.2 Å². The molecule has 4 atom stereocenters. The molecule has 0 fully saturated rings. The van der Waals surface area contributed by atoms with Crippen LogP contribution in [0.15, 0.2) is 36.4 Å². The van der Waals surface area contributed by atoms with Gasteiger partial charge in [0.25, 0.3) is 5.91 Å². The predicted molar refractivity (Wildman–Crippen MR) is 313 cm³/mol. The number of methoxy groups -OCH3 is 1. The van der Waals surface area contributed by atoms with E-state index < -0.39 is 5.97 Å². The summed E-state index contributed by atoms with van der Waals surface area (Å²) in [5.41, 5.74) is 12.9. The quantitative estimate of drug-likeness (QED) is 0.0194. The number of aryl methyl sites for hydroxylation is 3. The van der Waals surface area contributed by atoms with E-state index in [1.165, 1.54) is 57.6 Å². The summed E-state index contributed by atoms with van der Waals surface area (Å²) in [5.74, 6) is 0.663. The predicted octanol–water partition coefficient (Wildman–Crippen LogP) is 14.3. The number of ether oxygens (including phenoxy) is 4. The molecule has 0 spiro atoms. The Labute approximate surface area is 472 Å². The van der Waals surface area contributed by atoms with Crippen molar-refractivity contribution in [1.29, 1.82) is 0 Å². The van der Waals surface area contributed by atoms with Gasteiger partial charge >= 0.3 is 35.0 Å². The first-order valence-electron chi connectivity index (χ1n) is 28.4. The molecule has 3 aromatic heterocycles. The summed E-state index contributed by atoms with van der Waals surface area (Å²) in [6, 6.07) is 6.19. The van der Waals surface area contributed by atoms with E-state index in [0.29, 0.717) is 78.7 Å². The van der Waals surface area contributed by atoms with Gasteiger partial charge in [-0.25, -0.2) is 4.98 Å². The van der Waals surface area contributed by atoms with Crippen molar-refractivity contribution in [2.75, 3.05) is 33.5 Å². The molecule has 0 aliphatic carbocycles. The number of fused-ring (bicyclic) bond motifs is 8. The fourth-order valence-electron chi connectivity index (χ4n) is 10.9. The van der Waals surface area contributed by atoms with E-state index in [9.17, 15) is 14.4 Å². The molecular weight excluding hydrogens is 963 g/mol. The molecule has 13 heteroatoms. The van der Waals surface area contributed by atoms with Crippen molar-refractivity contribution in [3.8, 4) is 0 Å². The maximum Gasteiger partial charge on any atom is 2.00 e. The van der Waals surface area contributed by atoms with Crippen LogP contribution in [0.25, 0.3) is 39.3 Å². The van der Waals surface area contributed by atoms with E-state index in [2.05, 4.69) is 96.3 Å². The Morgan fingerprint density at radius 1 is 0.776 bits per heavy atom. The minimum absolute atomic E-state index is 0. The summed E-state index contributed by atoms with van der Waals surface area (Å²) < 4.78 is 22.8. The average molecular weight is 1060 g/mol. The van der Waals surface area contributed by atoms with Crippen molar-refractivity contribution in [3.63, 3.8) is 0 Å². The fraction of sp³-hybridized carbons (Fsp3) is 0.603. The number of H-pyrrole nitrogens is 2. The summed E-state index contributed by atoms with van der Waals surface area (Å²) in [6.07, 6.45) is 17.1. The number of rotatable bonds is 30. The van der Waals surface area contributed by atoms with Gasteiger partial charge in [-0.2, -0.15) is 0 Å². The van der Waals surface area contributed by atoms with E-state index in [0.717, 1.165) is 81.1 Å². The van der Waals surface area contributed by atoms with Crippen LogP contribution in [0, 0.1) is 31.6 Å². The van der Waals surface area contributed by atoms with Crippen LogP contribution in [-0.4, -0.2) is 101 Å². The molecule has 3 N–H and O–H groups in total. The third-order valence-electron chi connectivity index (χ3n) is 15.6. The number of hydrogen-bond acceptors (Lipinski definition) is 9. The van der Waals surface area contributed by atoms with Crippen molar-refractivity contribution in [2.24, 2.45) is 17.8 Å². The molecule has 5 rings (SSSR count). The summed E-state index contributed by atoms with van der Waals surface area (Å²) in [5, 5.41) is 3.16. The van der Waals surface area contributed by atoms with Crippen molar-refractivity contribution < 1.29 is 33.3 Å². The van der Waals surface area contributed by atoms with E-state index >= 15 is 0 Å². The van der Waals surface area contributed by atoms with Crippen LogP contribution in [-0.2, 0) is 46.2 Å². The van der Waals surface area contributed by atoms with Gasteiger partial charge < -0.3 is 34.2 Å². The van der Waals surface area contributed by atoms with Crippen LogP contribution >= 0.6 is 0 Å². The molecule has 2 aliphatic rings. The molecule has 2 aliphatic heterocycles. The fourth-order valence-corrected chi connectivity index (χ4v) is 10.9. The first-order chi connectivity index (χ1) is 35.9. The number of aromatic amines is 2. The molecule has 12 nitrogen and oxygen atoms in total. The van der Waals surface area contributed by atoms with Crippen LogP contribution in [0.3, 0.4) is 0 Å². The zero-order valence-electron chi connectivity index (χ0n) is 49.0. The van der Waals surface area contributed by atoms with Crippen LogP contribution in [0.1, 0.15) is 215 Å². The molecule has 1 amide bonds. The third-order valence-corrected chi connectivity index (χ3v) is 15.6. The minimum atomic E-state index is -0.496. The molecule has 8 bridgehead atoms. The Morgan fingerprint density at radius 3 is 2.05 bits per heavy atom. The second-order valence-electron chi connectivity index (χ2n) is 21.8. The number of allylic oxidation sites excluding steroid dienone is 2. The zero-order valence-corrected chi connectivity index (χ0v) is 50.4. The first kappa shape index (κ1) is 64.0. The number of esters is 2. The molecule has 3 aromatic rings. The van der Waals surface area contributed by atoms with E-state index in [-0.39, 0.29) is 72.5 Å². The summed E-state index contributed by atoms with van der Waals surface area (Å²) in [7, 11) is 1.36. The molecule has 0 saturated carbocycles. The van der Waals surface area contributed by atoms with Gasteiger partial charge in [0.1, 0.15) is 6.61 Å². The van der Waals surface area contributed by atoms with Gasteiger partial charge in [0.2, 0.25) is 0 Å². The van der Waals surface area contributed by atoms with Crippen molar-refractivity contribution in [1.82, 2.24) is 25.3 Å². The first-order valence-corrected chi connectivity index (χ1v) is 28.4. The van der Waals surface area contributed by atoms with Gasteiger partial charge in [-0.1, -0.05) is 105 Å². The molecule has 5 heterocycles. The maximum atomic E-state index is 14.7. The molecule has 0 saturated heterocycles. The number of carbonyl (C=O) groups excluding carboxylic acids is 3. The van der Waals surface area contributed by atoms with Gasteiger partial charge in [0.15, 0.2) is 6.29 Å². The van der Waals surface area contributed by atoms with Gasteiger partial charge in [0, 0.05) is 83.3 Å². The van der Waals surface area contributed by atoms with Crippen LogP contribution in [0.2, 0.25) is 0 Å². The molecule has 0 aromatic carbocycles. The number of carbonyl (C=O) groups is 3. The van der Waals surface area contributed by atoms with Crippen LogP contribution in [0.5, 0.6) is 0 Å². The Hall–Kier alpha value is -4.56. The molecule has 4 unspecified atom stereocenters. The van der Waals surface area contributed by atoms with Crippen LogP contribution < -0.4 is 5.32 Å². The molecule has 0 radical (unpaired) electrons. The van der Waals surface area contributed by atoms with Gasteiger partial charge in [-0.15, -0.1) is 0 Å². The summed E-state index contributed by atoms with van der Waals surface area (Å²) >= 11 is 0. The second-order valence-corrected chi connectivity index (χ2v) is 21.8. The maximum absolute atomic E-state index is 14.7. The van der Waals surface area contributed by atoms with E-state index in [1.54, 1.807) is 0 Å². The molecular formula is C63H93MgN5O7+2. The summed E-state index contributed by atoms with van der Waals surface area (Å²) in [4.78, 5) is 60.0. The minimum Gasteiger partial charge on any atom is -0.469 e. The standard InChI is InChI=1S/C63H93N5O7.Mg/c1-15-47-43(10)51-36-53-45(12)49(30-31-57(69)75-34-32-42(9)28-21-27-41(8)26-20-25-40(7)24-19-23-39(5)6)61(67-53)50(35-58(70)72-14)62-60(63(71)64-33-22-29-59(73-17-3)74-18-4)46(13)54(68-62)38-56-48(16-2)44(11)52(66-56)37-55(47)65-51;/h15,32,36-41,45,49,59,65-66H,1,16-31,33-35H2,2-14H3,(H,64,71);/q;+2/b42-32+,51-36?,52-37?,53-36?,54-38?,55-37?,56-38?,61-50?,62-50?;. The number of aromatic nitrogens is 4. The normalized spacial score (nSPS) is 15.5. The Balaban J connectivity index is 0.0000125. The molecule has 412 valence electrons. The average Bonchev–Trinajstić information content (AvgIpc) is 4.06. The van der Waals surface area contributed by atoms with Crippen molar-refractivity contribution in [2.45, 2.75) is 198 Å². The number of amides is 1. The third kappa shape index (κ3) is 17.7. The van der Waals surface area contributed by atoms with Crippen molar-refractivity contribution in [3.05, 3.63) is 87.0 Å². The number of hydrogen-bond donors (Lipinski definition) is 3. The van der Waals surface area contributed by atoms with Gasteiger partial charge in [0.05, 0.1) is 36.2 Å². The largest absolute Gasteiger partial charge is 2.00 e. The van der Waals surface area contributed by atoms with Crippen LogP contribution in [0.4, 0.5) is 0 Å². The zero-order chi connectivity index (χ0) is 54.8. The van der Waals surface area contributed by atoms with Gasteiger partial charge in [-0.3, -0.25) is 19.4 Å². The summed E-state index contributed by atoms with van der Waals surface area (Å²) in [6.45, 7) is 31.5. The van der Waals surface area contributed by atoms with E-state index in [1.807, 2.05) is 39.0 Å². The smallest absolute Gasteiger partial charge is 0.469 e. The van der Waals surface area contributed by atoms with Gasteiger partial charge in [-0.05, 0) is 138 Å². The number of nitrogens with zero attached hydrogens (tertiary/aromatic N) is 2. The Morgan fingerprint density at radius 2 is 1.42 bits per heavy atom. The SMILES string of the molecule is C=Cc1c(C)c2cc3nc(c(CC(=O)OC)c4nc(cc5[nH]c(cc1[nH]2)c(C)c5CC)C(C)=C4C(=O)NCCCC(OCC)OCC)C(CCC(=O)OC/C=C(\C)CCCC(C)CCCC(C)CCCC(C)C)C3C.[Mg+2]. The van der Waals surface area contributed by atoms with E-state index in [4.69, 9.17) is 28.9 Å². The topological polar surface area (TPSA) is 158 Å². The second kappa shape index (κ2) is 31.7. The monoisotopic (exact) mass is 1060 g/mol. The number of nitrogens with one attached hydrogen (secondary N) is 3. The Bertz CT molecular complexity index is 2650. The Kier molecular flexibility index (Phi) is 26.7.